The van der Waals surface area contributed by atoms with Crippen LogP contribution in [0.4, 0.5) is 0 Å². The first-order valence-corrected chi connectivity index (χ1v) is 4.47. The van der Waals surface area contributed by atoms with E-state index in [4.69, 9.17) is 10.1 Å². The minimum Gasteiger partial charge on any atom is -0.483 e. The Kier molecular flexibility index (Phi) is 4.13. The molecule has 1 N–H and O–H groups in total. The third-order valence-corrected chi connectivity index (χ3v) is 1.87. The van der Waals surface area contributed by atoms with Crippen molar-refractivity contribution in [2.24, 2.45) is 0 Å². The van der Waals surface area contributed by atoms with E-state index in [9.17, 15) is 0 Å². The zero-order chi connectivity index (χ0) is 10.4. The maximum Gasteiger partial charge on any atom is 0.206 e. The van der Waals surface area contributed by atoms with Gasteiger partial charge in [0.1, 0.15) is 6.61 Å². The number of methoxy groups -OCH3 is 1. The van der Waals surface area contributed by atoms with E-state index in [1.54, 1.807) is 0 Å². The molecule has 1 rings (SSSR count). The van der Waals surface area contributed by atoms with Crippen molar-refractivity contribution in [3.05, 3.63) is 35.4 Å². The van der Waals surface area contributed by atoms with Crippen LogP contribution in [0.25, 0.3) is 0 Å². The summed E-state index contributed by atoms with van der Waals surface area (Å²) in [7, 11) is 1.47. The number of aryl methyl sites for hydroxylation is 1. The van der Waals surface area contributed by atoms with Crippen molar-refractivity contribution >= 4 is 5.90 Å². The minimum absolute atomic E-state index is 0.150. The molecule has 0 aliphatic carbocycles. The van der Waals surface area contributed by atoms with Gasteiger partial charge < -0.3 is 9.47 Å². The van der Waals surface area contributed by atoms with E-state index in [0.717, 1.165) is 5.56 Å². The van der Waals surface area contributed by atoms with Gasteiger partial charge in [0.05, 0.1) is 13.7 Å². The second kappa shape index (κ2) is 5.40. The lowest BCUT2D eigenvalue weighted by molar-refractivity contribution is 0.142. The van der Waals surface area contributed by atoms with E-state index >= 15 is 0 Å². The SMILES string of the molecule is COC(=N)COCc1ccc(C)cc1. The molecule has 0 spiro atoms. The summed E-state index contributed by atoms with van der Waals surface area (Å²) in [5.41, 5.74) is 2.35. The van der Waals surface area contributed by atoms with Gasteiger partial charge in [-0.05, 0) is 12.5 Å². The van der Waals surface area contributed by atoms with E-state index in [-0.39, 0.29) is 12.5 Å². The molecule has 0 aromatic heterocycles. The van der Waals surface area contributed by atoms with Crippen molar-refractivity contribution < 1.29 is 9.47 Å². The molecule has 0 aliphatic heterocycles. The zero-order valence-electron chi connectivity index (χ0n) is 8.54. The van der Waals surface area contributed by atoms with Crippen molar-refractivity contribution in [3.63, 3.8) is 0 Å². The molecule has 0 fully saturated rings. The highest BCUT2D eigenvalue weighted by atomic mass is 16.5. The van der Waals surface area contributed by atoms with Crippen LogP contribution >= 0.6 is 0 Å². The fourth-order valence-corrected chi connectivity index (χ4v) is 1.00. The second-order valence-corrected chi connectivity index (χ2v) is 3.11. The van der Waals surface area contributed by atoms with Gasteiger partial charge in [0, 0.05) is 0 Å². The van der Waals surface area contributed by atoms with E-state index in [2.05, 4.69) is 4.74 Å². The van der Waals surface area contributed by atoms with Crippen LogP contribution in [0, 0.1) is 12.3 Å². The Labute approximate surface area is 84.2 Å². The van der Waals surface area contributed by atoms with Crippen LogP contribution in [-0.2, 0) is 16.1 Å². The molecule has 14 heavy (non-hydrogen) atoms. The molecule has 0 radical (unpaired) electrons. The Hall–Kier alpha value is -1.35. The lowest BCUT2D eigenvalue weighted by Gasteiger charge is -2.04. The average Bonchev–Trinajstić information content (AvgIpc) is 2.21. The summed E-state index contributed by atoms with van der Waals surface area (Å²) in [5.74, 6) is 0.150. The number of ether oxygens (including phenoxy) is 2. The van der Waals surface area contributed by atoms with Gasteiger partial charge in [-0.1, -0.05) is 29.8 Å². The molecule has 0 saturated heterocycles. The Morgan fingerprint density at radius 3 is 2.50 bits per heavy atom. The van der Waals surface area contributed by atoms with Crippen LogP contribution in [0.3, 0.4) is 0 Å². The Morgan fingerprint density at radius 2 is 1.93 bits per heavy atom. The average molecular weight is 193 g/mol. The molecule has 0 heterocycles. The first-order valence-electron chi connectivity index (χ1n) is 4.47. The molecular weight excluding hydrogens is 178 g/mol. The number of hydrogen-bond acceptors (Lipinski definition) is 3. The molecule has 3 heteroatoms. The maximum atomic E-state index is 7.19. The molecular formula is C11H15NO2. The van der Waals surface area contributed by atoms with Gasteiger partial charge in [0.25, 0.3) is 0 Å². The predicted octanol–water partition coefficient (Wildman–Crippen LogP) is 2.14. The summed E-state index contributed by atoms with van der Waals surface area (Å²) in [6, 6.07) is 8.12. The van der Waals surface area contributed by atoms with E-state index < -0.39 is 0 Å². The predicted molar refractivity (Wildman–Crippen MR) is 55.6 cm³/mol. The molecule has 0 amide bonds. The van der Waals surface area contributed by atoms with Gasteiger partial charge in [-0.2, -0.15) is 0 Å². The Morgan fingerprint density at radius 1 is 1.29 bits per heavy atom. The number of benzene rings is 1. The summed E-state index contributed by atoms with van der Waals surface area (Å²) in [6.45, 7) is 2.79. The van der Waals surface area contributed by atoms with Crippen molar-refractivity contribution in [1.29, 1.82) is 5.41 Å². The Bertz CT molecular complexity index is 293. The normalized spacial score (nSPS) is 9.86. The highest BCUT2D eigenvalue weighted by Crippen LogP contribution is 2.04. The number of hydrogen-bond donors (Lipinski definition) is 1. The molecule has 0 bridgehead atoms. The topological polar surface area (TPSA) is 42.3 Å². The molecule has 0 saturated carbocycles. The molecule has 1 aromatic carbocycles. The maximum absolute atomic E-state index is 7.19. The molecule has 0 unspecified atom stereocenters. The summed E-state index contributed by atoms with van der Waals surface area (Å²) in [5, 5.41) is 7.19. The standard InChI is InChI=1S/C11H15NO2/c1-9-3-5-10(6-4-9)7-14-8-11(12)13-2/h3-6,12H,7-8H2,1-2H3. The third-order valence-electron chi connectivity index (χ3n) is 1.87. The molecule has 76 valence electrons. The van der Waals surface area contributed by atoms with Crippen molar-refractivity contribution in [3.8, 4) is 0 Å². The minimum atomic E-state index is 0.150. The number of rotatable bonds is 4. The molecule has 3 nitrogen and oxygen atoms in total. The van der Waals surface area contributed by atoms with Gasteiger partial charge >= 0.3 is 0 Å². The summed E-state index contributed by atoms with van der Waals surface area (Å²) < 4.78 is 9.93. The van der Waals surface area contributed by atoms with Gasteiger partial charge in [0.2, 0.25) is 5.90 Å². The van der Waals surface area contributed by atoms with Crippen LogP contribution in [0.5, 0.6) is 0 Å². The van der Waals surface area contributed by atoms with Crippen molar-refractivity contribution in [2.45, 2.75) is 13.5 Å². The van der Waals surface area contributed by atoms with Gasteiger partial charge in [-0.15, -0.1) is 0 Å². The largest absolute Gasteiger partial charge is 0.483 e. The van der Waals surface area contributed by atoms with Gasteiger partial charge in [-0.25, -0.2) is 0 Å². The van der Waals surface area contributed by atoms with Crippen LogP contribution in [-0.4, -0.2) is 19.6 Å². The van der Waals surface area contributed by atoms with Crippen LogP contribution in [0.2, 0.25) is 0 Å². The second-order valence-electron chi connectivity index (χ2n) is 3.11. The van der Waals surface area contributed by atoms with Gasteiger partial charge in [0.15, 0.2) is 0 Å². The fraction of sp³-hybridized carbons (Fsp3) is 0.364. The summed E-state index contributed by atoms with van der Waals surface area (Å²) in [4.78, 5) is 0. The van der Waals surface area contributed by atoms with Crippen LogP contribution in [0.15, 0.2) is 24.3 Å². The molecule has 0 aliphatic rings. The van der Waals surface area contributed by atoms with E-state index in [1.165, 1.54) is 12.7 Å². The van der Waals surface area contributed by atoms with Crippen LogP contribution < -0.4 is 0 Å². The smallest absolute Gasteiger partial charge is 0.206 e. The van der Waals surface area contributed by atoms with Crippen molar-refractivity contribution in [2.75, 3.05) is 13.7 Å². The van der Waals surface area contributed by atoms with E-state index in [1.807, 2.05) is 31.2 Å². The fourth-order valence-electron chi connectivity index (χ4n) is 1.00. The summed E-state index contributed by atoms with van der Waals surface area (Å²) >= 11 is 0. The zero-order valence-corrected chi connectivity index (χ0v) is 8.54. The van der Waals surface area contributed by atoms with Gasteiger partial charge in [-0.3, -0.25) is 5.41 Å². The highest BCUT2D eigenvalue weighted by Gasteiger charge is 1.96. The molecule has 0 atom stereocenters. The quantitative estimate of drug-likeness (QED) is 0.588. The van der Waals surface area contributed by atoms with Crippen molar-refractivity contribution in [1.82, 2.24) is 0 Å². The lowest BCUT2D eigenvalue weighted by Crippen LogP contribution is -2.09. The number of nitrogens with one attached hydrogen (secondary N) is 1. The first kappa shape index (κ1) is 10.7. The molecule has 1 aromatic rings. The monoisotopic (exact) mass is 193 g/mol. The third kappa shape index (κ3) is 3.58. The van der Waals surface area contributed by atoms with E-state index in [0.29, 0.717) is 6.61 Å². The lowest BCUT2D eigenvalue weighted by atomic mass is 10.2. The highest BCUT2D eigenvalue weighted by molar-refractivity contribution is 5.73. The Balaban J connectivity index is 2.31. The first-order chi connectivity index (χ1) is 6.72. The summed E-state index contributed by atoms with van der Waals surface area (Å²) in [6.07, 6.45) is 0. The van der Waals surface area contributed by atoms with Crippen LogP contribution in [0.1, 0.15) is 11.1 Å².